The molecule has 0 aromatic rings. The molecule has 7 heteroatoms. The molecule has 0 amide bonds. The molecule has 0 radical (unpaired) electrons. The third-order valence-electron chi connectivity index (χ3n) is 2.36. The van der Waals surface area contributed by atoms with Gasteiger partial charge in [-0.15, -0.1) is 0 Å². The number of nitrogens with one attached hydrogen (secondary N) is 1. The zero-order valence-electron chi connectivity index (χ0n) is 9.93. The van der Waals surface area contributed by atoms with Crippen molar-refractivity contribution in [3.05, 3.63) is 0 Å². The Labute approximate surface area is 96.8 Å². The zero-order chi connectivity index (χ0) is 12.8. The number of carboxylic acid groups (broad SMARTS) is 1. The Bertz CT molecular complexity index is 315. The highest BCUT2D eigenvalue weighted by molar-refractivity contribution is 7.87. The molecule has 96 valence electrons. The molecular formula is C9H20N2O4S. The molecule has 0 aliphatic rings. The normalized spacial score (nSPS) is 14.0. The highest BCUT2D eigenvalue weighted by atomic mass is 32.2. The van der Waals surface area contributed by atoms with E-state index >= 15 is 0 Å². The van der Waals surface area contributed by atoms with Crippen molar-refractivity contribution < 1.29 is 18.3 Å². The van der Waals surface area contributed by atoms with Crippen LogP contribution in [0.5, 0.6) is 0 Å². The molecule has 0 bridgehead atoms. The second-order valence-corrected chi connectivity index (χ2v) is 5.69. The third-order valence-corrected chi connectivity index (χ3v) is 3.90. The topological polar surface area (TPSA) is 86.7 Å². The summed E-state index contributed by atoms with van der Waals surface area (Å²) in [6, 6.07) is 0. The molecule has 0 aliphatic heterocycles. The maximum Gasteiger partial charge on any atom is 0.304 e. The molecule has 0 saturated carbocycles. The molecule has 6 nitrogen and oxygen atoms in total. The van der Waals surface area contributed by atoms with Crippen LogP contribution in [-0.2, 0) is 15.0 Å². The van der Waals surface area contributed by atoms with Crippen LogP contribution in [0.4, 0.5) is 0 Å². The molecule has 0 fully saturated rings. The van der Waals surface area contributed by atoms with Crippen LogP contribution in [0.2, 0.25) is 0 Å². The van der Waals surface area contributed by atoms with E-state index in [9.17, 15) is 13.2 Å². The minimum atomic E-state index is -3.54. The highest BCUT2D eigenvalue weighted by Crippen LogP contribution is 2.01. The lowest BCUT2D eigenvalue weighted by atomic mass is 10.1. The summed E-state index contributed by atoms with van der Waals surface area (Å²) in [6.07, 6.45) is 0.697. The Morgan fingerprint density at radius 3 is 2.50 bits per heavy atom. The SMILES string of the molecule is CCC(C)CNS(=O)(=O)N(C)CCC(=O)O. The standard InChI is InChI=1S/C9H20N2O4S/c1-4-8(2)7-10-16(14,15)11(3)6-5-9(12)13/h8,10H,4-7H2,1-3H3,(H,12,13). The van der Waals surface area contributed by atoms with Crippen molar-refractivity contribution in [2.75, 3.05) is 20.1 Å². The van der Waals surface area contributed by atoms with Gasteiger partial charge in [0.25, 0.3) is 10.2 Å². The minimum Gasteiger partial charge on any atom is -0.481 e. The third kappa shape index (κ3) is 6.04. The van der Waals surface area contributed by atoms with E-state index in [0.717, 1.165) is 10.7 Å². The van der Waals surface area contributed by atoms with Gasteiger partial charge in [0, 0.05) is 20.1 Å². The second kappa shape index (κ2) is 6.82. The molecule has 0 aliphatic carbocycles. The smallest absolute Gasteiger partial charge is 0.304 e. The highest BCUT2D eigenvalue weighted by Gasteiger charge is 2.18. The Balaban J connectivity index is 4.16. The Hall–Kier alpha value is -0.660. The average Bonchev–Trinajstić information content (AvgIpc) is 2.22. The van der Waals surface area contributed by atoms with Crippen LogP contribution in [0.25, 0.3) is 0 Å². The van der Waals surface area contributed by atoms with E-state index in [-0.39, 0.29) is 18.9 Å². The molecule has 0 heterocycles. The average molecular weight is 252 g/mol. The first-order chi connectivity index (χ1) is 7.29. The number of carbonyl (C=O) groups is 1. The summed E-state index contributed by atoms with van der Waals surface area (Å²) in [7, 11) is -2.18. The van der Waals surface area contributed by atoms with Gasteiger partial charge in [-0.2, -0.15) is 12.7 Å². The van der Waals surface area contributed by atoms with Gasteiger partial charge in [0.2, 0.25) is 0 Å². The number of rotatable bonds is 8. The first kappa shape index (κ1) is 15.3. The van der Waals surface area contributed by atoms with Crippen LogP contribution in [0.3, 0.4) is 0 Å². The lowest BCUT2D eigenvalue weighted by molar-refractivity contribution is -0.137. The van der Waals surface area contributed by atoms with Gasteiger partial charge in [-0.1, -0.05) is 20.3 Å². The van der Waals surface area contributed by atoms with Gasteiger partial charge in [-0.3, -0.25) is 4.79 Å². The predicted molar refractivity (Wildman–Crippen MR) is 61.3 cm³/mol. The lowest BCUT2D eigenvalue weighted by Crippen LogP contribution is -2.40. The van der Waals surface area contributed by atoms with E-state index in [1.165, 1.54) is 7.05 Å². The van der Waals surface area contributed by atoms with Crippen molar-refractivity contribution in [3.63, 3.8) is 0 Å². The summed E-state index contributed by atoms with van der Waals surface area (Å²) in [5.74, 6) is -0.744. The number of hydrogen-bond acceptors (Lipinski definition) is 3. The molecular weight excluding hydrogens is 232 g/mol. The summed E-state index contributed by atoms with van der Waals surface area (Å²) in [5.41, 5.74) is 0. The van der Waals surface area contributed by atoms with E-state index in [0.29, 0.717) is 6.54 Å². The maximum absolute atomic E-state index is 11.6. The summed E-state index contributed by atoms with van der Waals surface area (Å²) >= 11 is 0. The molecule has 2 N–H and O–H groups in total. The van der Waals surface area contributed by atoms with Gasteiger partial charge >= 0.3 is 5.97 Å². The van der Waals surface area contributed by atoms with E-state index in [4.69, 9.17) is 5.11 Å². The molecule has 0 spiro atoms. The van der Waals surface area contributed by atoms with E-state index in [1.807, 2.05) is 13.8 Å². The minimum absolute atomic E-state index is 0.0226. The van der Waals surface area contributed by atoms with Gasteiger partial charge < -0.3 is 5.11 Å². The quantitative estimate of drug-likeness (QED) is 0.649. The summed E-state index contributed by atoms with van der Waals surface area (Å²) in [6.45, 7) is 4.27. The molecule has 16 heavy (non-hydrogen) atoms. The fourth-order valence-corrected chi connectivity index (χ4v) is 1.92. The molecule has 0 aromatic heterocycles. The number of aliphatic carboxylic acids is 1. The van der Waals surface area contributed by atoms with Crippen molar-refractivity contribution in [2.45, 2.75) is 26.7 Å². The fourth-order valence-electron chi connectivity index (χ4n) is 0.875. The largest absolute Gasteiger partial charge is 0.481 e. The van der Waals surface area contributed by atoms with E-state index < -0.39 is 16.2 Å². The van der Waals surface area contributed by atoms with Gasteiger partial charge in [0.05, 0.1) is 6.42 Å². The summed E-state index contributed by atoms with van der Waals surface area (Å²) in [5, 5.41) is 8.44. The van der Waals surface area contributed by atoms with Crippen molar-refractivity contribution in [1.29, 1.82) is 0 Å². The Morgan fingerprint density at radius 1 is 1.50 bits per heavy atom. The Kier molecular flexibility index (Phi) is 6.54. The van der Waals surface area contributed by atoms with Gasteiger partial charge in [0.1, 0.15) is 0 Å². The number of nitrogens with zero attached hydrogens (tertiary/aromatic N) is 1. The number of carboxylic acids is 1. The molecule has 0 rings (SSSR count). The molecule has 0 aromatic carbocycles. The lowest BCUT2D eigenvalue weighted by Gasteiger charge is -2.18. The van der Waals surface area contributed by atoms with Crippen LogP contribution in [0, 0.1) is 5.92 Å². The van der Waals surface area contributed by atoms with Crippen LogP contribution in [0.1, 0.15) is 26.7 Å². The molecule has 0 saturated heterocycles. The fraction of sp³-hybridized carbons (Fsp3) is 0.889. The van der Waals surface area contributed by atoms with Crippen molar-refractivity contribution >= 4 is 16.2 Å². The first-order valence-electron chi connectivity index (χ1n) is 5.22. The Morgan fingerprint density at radius 2 is 2.06 bits per heavy atom. The van der Waals surface area contributed by atoms with Gasteiger partial charge in [0.15, 0.2) is 0 Å². The first-order valence-corrected chi connectivity index (χ1v) is 6.66. The summed E-state index contributed by atoms with van der Waals surface area (Å²) < 4.78 is 26.6. The van der Waals surface area contributed by atoms with E-state index in [1.54, 1.807) is 0 Å². The van der Waals surface area contributed by atoms with Crippen LogP contribution < -0.4 is 4.72 Å². The van der Waals surface area contributed by atoms with Crippen LogP contribution >= 0.6 is 0 Å². The molecule has 1 atom stereocenters. The second-order valence-electron chi connectivity index (χ2n) is 3.83. The number of hydrogen-bond donors (Lipinski definition) is 2. The monoisotopic (exact) mass is 252 g/mol. The van der Waals surface area contributed by atoms with E-state index in [2.05, 4.69) is 4.72 Å². The molecule has 1 unspecified atom stereocenters. The predicted octanol–water partition coefficient (Wildman–Crippen LogP) is 0.273. The van der Waals surface area contributed by atoms with Crippen molar-refractivity contribution in [3.8, 4) is 0 Å². The van der Waals surface area contributed by atoms with Gasteiger partial charge in [-0.05, 0) is 5.92 Å². The van der Waals surface area contributed by atoms with Crippen molar-refractivity contribution in [1.82, 2.24) is 9.03 Å². The van der Waals surface area contributed by atoms with Crippen LogP contribution in [0.15, 0.2) is 0 Å². The zero-order valence-corrected chi connectivity index (χ0v) is 10.7. The summed E-state index contributed by atoms with van der Waals surface area (Å²) in [4.78, 5) is 10.3. The van der Waals surface area contributed by atoms with Crippen molar-refractivity contribution in [2.24, 2.45) is 5.92 Å². The van der Waals surface area contributed by atoms with Gasteiger partial charge in [-0.25, -0.2) is 4.72 Å². The van der Waals surface area contributed by atoms with Crippen LogP contribution in [-0.4, -0.2) is 43.9 Å². The maximum atomic E-state index is 11.6.